The van der Waals surface area contributed by atoms with Crippen molar-refractivity contribution in [1.82, 2.24) is 9.55 Å². The van der Waals surface area contributed by atoms with Crippen LogP contribution in [-0.2, 0) is 21.1 Å². The van der Waals surface area contributed by atoms with Gasteiger partial charge in [-0.1, -0.05) is 84.4 Å². The fourth-order valence-electron chi connectivity index (χ4n) is 8.39. The molecule has 0 saturated carbocycles. The molecule has 248 valence electrons. The number of ether oxygens (including phenoxy) is 1. The van der Waals surface area contributed by atoms with Gasteiger partial charge in [-0.25, -0.2) is 4.98 Å². The van der Waals surface area contributed by atoms with E-state index in [-0.39, 0.29) is 32.9 Å². The predicted molar refractivity (Wildman–Crippen MR) is 199 cm³/mol. The van der Waals surface area contributed by atoms with Crippen LogP contribution in [0.5, 0.6) is 11.5 Å². The monoisotopic (exact) mass is 839 g/mol. The molecule has 4 aliphatic rings. The van der Waals surface area contributed by atoms with Crippen molar-refractivity contribution in [3.8, 4) is 17.3 Å². The van der Waals surface area contributed by atoms with Gasteiger partial charge in [0, 0.05) is 71.6 Å². The summed E-state index contributed by atoms with van der Waals surface area (Å²) in [5.74, 6) is 2.14. The summed E-state index contributed by atoms with van der Waals surface area (Å²) in [4.78, 5) is 8.28. The van der Waals surface area contributed by atoms with Crippen LogP contribution in [0.2, 0.25) is 0 Å². The van der Waals surface area contributed by atoms with Crippen molar-refractivity contribution < 1.29 is 29.9 Å². The number of hydrogen-bond donors (Lipinski definition) is 0. The Labute approximate surface area is 314 Å². The van der Waals surface area contributed by atoms with Crippen molar-refractivity contribution >= 4 is 38.9 Å². The van der Waals surface area contributed by atoms with Crippen LogP contribution < -0.4 is 14.5 Å². The summed E-state index contributed by atoms with van der Waals surface area (Å²) < 4.78 is 32.9. The summed E-state index contributed by atoms with van der Waals surface area (Å²) in [6.07, 6.45) is 2.08. The van der Waals surface area contributed by atoms with Crippen molar-refractivity contribution in [3.63, 3.8) is 0 Å². The Morgan fingerprint density at radius 3 is 2.08 bits per heavy atom. The molecule has 0 atom stereocenters. The maximum absolute atomic E-state index is 8.07. The molecule has 0 radical (unpaired) electrons. The third-order valence-corrected chi connectivity index (χ3v) is 10.5. The van der Waals surface area contributed by atoms with E-state index in [1.54, 1.807) is 6.67 Å². The molecule has 51 heavy (non-hydrogen) atoms. The summed E-state index contributed by atoms with van der Waals surface area (Å²) in [5, 5.41) is 2.16. The Morgan fingerprint density at radius 1 is 0.647 bits per heavy atom. The van der Waals surface area contributed by atoms with Gasteiger partial charge in [-0.3, -0.25) is 0 Å². The second kappa shape index (κ2) is 11.4. The molecule has 12 rings (SSSR count). The van der Waals surface area contributed by atoms with Crippen molar-refractivity contribution in [2.75, 3.05) is 16.8 Å². The third-order valence-electron chi connectivity index (χ3n) is 10.5. The summed E-state index contributed by atoms with van der Waals surface area (Å²) in [6.45, 7) is -0.734. The summed E-state index contributed by atoms with van der Waals surface area (Å²) in [7, 11) is 0. The number of fused-ring (bicyclic) bond motifs is 4. The van der Waals surface area contributed by atoms with E-state index in [9.17, 15) is 0 Å². The van der Waals surface area contributed by atoms with Crippen LogP contribution in [0, 0.1) is 18.8 Å². The Hall–Kier alpha value is -5.64. The second-order valence-corrected chi connectivity index (χ2v) is 13.1. The minimum Gasteiger partial charge on any atom is -0.509 e. The molecule has 6 heteroatoms. The number of aromatic nitrogens is 2. The van der Waals surface area contributed by atoms with Crippen molar-refractivity contribution in [1.29, 1.82) is 0 Å². The Balaban J connectivity index is 0.00000361. The van der Waals surface area contributed by atoms with Crippen molar-refractivity contribution in [2.24, 2.45) is 0 Å². The molecular weight excluding hydrogens is 808 g/mol. The first-order chi connectivity index (χ1) is 25.9. The normalized spacial score (nSPS) is 17.5. The van der Waals surface area contributed by atoms with Gasteiger partial charge in [-0.15, -0.1) is 41.4 Å². The summed E-state index contributed by atoms with van der Waals surface area (Å²) in [6, 6.07) is 52.3. The number of nitrogens with zero attached hydrogens (tertiary/aromatic N) is 4. The Bertz CT molecular complexity index is 2750. The molecule has 0 spiro atoms. The van der Waals surface area contributed by atoms with E-state index in [4.69, 9.17) is 13.8 Å². The predicted octanol–water partition coefficient (Wildman–Crippen LogP) is 10.3. The van der Waals surface area contributed by atoms with E-state index >= 15 is 0 Å². The molecule has 5 nitrogen and oxygen atoms in total. The molecule has 0 fully saturated rings. The SMILES string of the molecule is [2H]C([2H])([2H])N1[CH-]N(c2[c-]c(Oc3[c-]c4c(cc3)c3ccccc3n4-c3cc4c(cn3)C3c5ccccc5C4c4ccccc43)ccc2)c2ccccc21.[Pt]. The fraction of sp³-hybridized carbons (Fsp3) is 0.0667. The van der Waals surface area contributed by atoms with Gasteiger partial charge in [0.05, 0.1) is 0 Å². The minimum atomic E-state index is -2.33. The van der Waals surface area contributed by atoms with Crippen molar-refractivity contribution in [2.45, 2.75) is 11.8 Å². The second-order valence-electron chi connectivity index (χ2n) is 13.1. The van der Waals surface area contributed by atoms with E-state index in [0.29, 0.717) is 22.9 Å². The van der Waals surface area contributed by atoms with Gasteiger partial charge in [-0.05, 0) is 70.0 Å². The van der Waals surface area contributed by atoms with Crippen LogP contribution in [0.3, 0.4) is 0 Å². The number of pyridine rings is 1. The van der Waals surface area contributed by atoms with Crippen LogP contribution in [-0.4, -0.2) is 16.5 Å². The average Bonchev–Trinajstić information content (AvgIpc) is 3.74. The summed E-state index contributed by atoms with van der Waals surface area (Å²) >= 11 is 0. The molecule has 0 unspecified atom stereocenters. The van der Waals surface area contributed by atoms with E-state index in [1.807, 2.05) is 53.4 Å². The van der Waals surface area contributed by atoms with Gasteiger partial charge in [-0.2, -0.15) is 18.8 Å². The molecule has 2 aromatic heterocycles. The largest absolute Gasteiger partial charge is 0.509 e. The van der Waals surface area contributed by atoms with Crippen molar-refractivity contribution in [3.05, 3.63) is 192 Å². The molecule has 6 aromatic carbocycles. The molecule has 0 amide bonds. The zero-order valence-electron chi connectivity index (χ0n) is 30.0. The van der Waals surface area contributed by atoms with Crippen LogP contribution in [0.15, 0.2) is 140 Å². The first-order valence-electron chi connectivity index (χ1n) is 18.3. The third kappa shape index (κ3) is 4.41. The number of rotatable bonds is 4. The quantitative estimate of drug-likeness (QED) is 0.165. The summed E-state index contributed by atoms with van der Waals surface area (Å²) in [5.41, 5.74) is 12.0. The van der Waals surface area contributed by atoms with Crippen LogP contribution in [0.4, 0.5) is 17.1 Å². The van der Waals surface area contributed by atoms with Gasteiger partial charge < -0.3 is 19.1 Å². The first-order valence-corrected chi connectivity index (χ1v) is 16.8. The van der Waals surface area contributed by atoms with E-state index in [0.717, 1.165) is 33.3 Å². The fourth-order valence-corrected chi connectivity index (χ4v) is 8.39. The van der Waals surface area contributed by atoms with Gasteiger partial charge >= 0.3 is 0 Å². The van der Waals surface area contributed by atoms with E-state index in [1.165, 1.54) is 38.3 Å². The Morgan fingerprint density at radius 2 is 1.31 bits per heavy atom. The number of hydrogen-bond acceptors (Lipinski definition) is 4. The zero-order chi connectivity index (χ0) is 35.4. The van der Waals surface area contributed by atoms with Gasteiger partial charge in [0.25, 0.3) is 0 Å². The Kier molecular flexibility index (Phi) is 6.09. The molecule has 0 N–H and O–H groups in total. The number of anilines is 3. The van der Waals surface area contributed by atoms with Crippen LogP contribution in [0.1, 0.15) is 49.3 Å². The van der Waals surface area contributed by atoms with Crippen LogP contribution >= 0.6 is 0 Å². The van der Waals surface area contributed by atoms with Gasteiger partial charge in [0.15, 0.2) is 0 Å². The molecule has 2 bridgehead atoms. The molecule has 3 aliphatic carbocycles. The standard InChI is InChI=1S/C45H29N4O.Pt/c1-47-27-48(41-20-9-8-19-40(41)47)28-11-10-12-29(23-28)50-30-21-22-32-31-13-6-7-18-39(31)49(42(32)24-30)43-25-37-38(26-46-43)45-35-16-4-2-14-33(35)44(37)34-15-3-5-17-36(34)45;/h2-22,25-27,44-45H,1H3;/q-3;/i1D3;. The first kappa shape index (κ1) is 27.1. The van der Waals surface area contributed by atoms with Gasteiger partial charge in [0.1, 0.15) is 5.82 Å². The molecule has 3 heterocycles. The molecule has 1 aliphatic heterocycles. The smallest absolute Gasteiger partial charge is 0.135 e. The van der Waals surface area contributed by atoms with E-state index < -0.39 is 6.98 Å². The average molecular weight is 840 g/mol. The van der Waals surface area contributed by atoms with Gasteiger partial charge in [0.2, 0.25) is 0 Å². The molecule has 0 saturated heterocycles. The minimum absolute atomic E-state index is 0. The topological polar surface area (TPSA) is 33.5 Å². The van der Waals surface area contributed by atoms with Crippen LogP contribution in [0.25, 0.3) is 27.6 Å². The maximum atomic E-state index is 8.07. The molecular formula is C45H29N4OPt-3. The molecule has 8 aromatic rings. The number of para-hydroxylation sites is 3. The van der Waals surface area contributed by atoms with E-state index in [2.05, 4.69) is 108 Å². The zero-order valence-corrected chi connectivity index (χ0v) is 29.3. The number of benzene rings is 6. The maximum Gasteiger partial charge on any atom is 0.135 e.